The molecular weight excluding hydrogens is 145 g/mol. The summed E-state index contributed by atoms with van der Waals surface area (Å²) in [5, 5.41) is 0. The highest BCUT2D eigenvalue weighted by Gasteiger charge is 1.99. The molecule has 0 amide bonds. The minimum absolute atomic E-state index is 0.0163. The van der Waals surface area contributed by atoms with Crippen molar-refractivity contribution in [3.8, 4) is 0 Å². The van der Waals surface area contributed by atoms with Crippen LogP contribution in [0, 0.1) is 0 Å². The van der Waals surface area contributed by atoms with E-state index in [0.29, 0.717) is 12.1 Å². The number of carbonyl (C=O) groups is 1. The maximum absolute atomic E-state index is 11.8. The molecule has 0 aliphatic heterocycles. The fraction of sp³-hybridized carbons (Fsp3) is 0.375. The van der Waals surface area contributed by atoms with Crippen LogP contribution in [0.1, 0.15) is 17.3 Å². The van der Waals surface area contributed by atoms with Gasteiger partial charge in [0, 0.05) is 18.0 Å². The van der Waals surface area contributed by atoms with E-state index in [1.807, 2.05) is 0 Å². The summed E-state index contributed by atoms with van der Waals surface area (Å²) in [5.74, 6) is 0.0163. The third-order valence-corrected chi connectivity index (χ3v) is 1.50. The first-order chi connectivity index (χ1) is 5.24. The van der Waals surface area contributed by atoms with Crippen molar-refractivity contribution in [1.29, 1.82) is 0 Å². The van der Waals surface area contributed by atoms with Crippen LogP contribution in [0.4, 0.5) is 4.39 Å². The lowest BCUT2D eigenvalue weighted by Crippen LogP contribution is -1.96. The van der Waals surface area contributed by atoms with E-state index in [4.69, 9.17) is 0 Å². The first kappa shape index (κ1) is 7.98. The van der Waals surface area contributed by atoms with Gasteiger partial charge in [0.1, 0.15) is 6.67 Å². The number of nitrogens with zero attached hydrogens (tertiary/aromatic N) is 1. The van der Waals surface area contributed by atoms with Crippen molar-refractivity contribution in [2.45, 2.75) is 13.5 Å². The molecule has 0 fully saturated rings. The molecule has 1 aromatic heterocycles. The van der Waals surface area contributed by atoms with Crippen LogP contribution in [0.25, 0.3) is 0 Å². The molecule has 0 unspecified atom stereocenters. The summed E-state index contributed by atoms with van der Waals surface area (Å²) in [6.07, 6.45) is 3.36. The second-order valence-corrected chi connectivity index (χ2v) is 2.38. The van der Waals surface area contributed by atoms with E-state index in [1.165, 1.54) is 6.92 Å². The van der Waals surface area contributed by atoms with E-state index in [2.05, 4.69) is 0 Å². The number of hydrogen-bond donors (Lipinski definition) is 0. The van der Waals surface area contributed by atoms with Crippen LogP contribution in [0.15, 0.2) is 18.5 Å². The van der Waals surface area contributed by atoms with Gasteiger partial charge in [-0.25, -0.2) is 4.39 Å². The molecule has 2 nitrogen and oxygen atoms in total. The second-order valence-electron chi connectivity index (χ2n) is 2.38. The minimum atomic E-state index is -0.397. The van der Waals surface area contributed by atoms with Crippen LogP contribution in [-0.4, -0.2) is 17.0 Å². The van der Waals surface area contributed by atoms with Gasteiger partial charge in [0.15, 0.2) is 5.78 Å². The third-order valence-electron chi connectivity index (χ3n) is 1.50. The number of aryl methyl sites for hydroxylation is 1. The van der Waals surface area contributed by atoms with Gasteiger partial charge in [0.05, 0.1) is 6.54 Å². The number of ketones is 1. The lowest BCUT2D eigenvalue weighted by Gasteiger charge is -1.94. The lowest BCUT2D eigenvalue weighted by molar-refractivity contribution is 0.101. The van der Waals surface area contributed by atoms with Gasteiger partial charge < -0.3 is 4.57 Å². The summed E-state index contributed by atoms with van der Waals surface area (Å²) in [6.45, 7) is 1.43. The molecule has 0 aliphatic carbocycles. The number of hydrogen-bond acceptors (Lipinski definition) is 1. The molecule has 0 saturated heterocycles. The number of alkyl halides is 1. The van der Waals surface area contributed by atoms with Crippen LogP contribution < -0.4 is 0 Å². The Morgan fingerprint density at radius 1 is 1.73 bits per heavy atom. The normalized spacial score (nSPS) is 10.0. The molecule has 0 radical (unpaired) electrons. The Morgan fingerprint density at radius 2 is 2.45 bits per heavy atom. The van der Waals surface area contributed by atoms with Crippen molar-refractivity contribution >= 4 is 5.78 Å². The van der Waals surface area contributed by atoms with Gasteiger partial charge in [-0.2, -0.15) is 0 Å². The fourth-order valence-corrected chi connectivity index (χ4v) is 0.886. The lowest BCUT2D eigenvalue weighted by atomic mass is 10.2. The summed E-state index contributed by atoms with van der Waals surface area (Å²) in [4.78, 5) is 10.8. The molecule has 0 N–H and O–H groups in total. The number of halogens is 1. The fourth-order valence-electron chi connectivity index (χ4n) is 0.886. The zero-order chi connectivity index (χ0) is 8.27. The first-order valence-electron chi connectivity index (χ1n) is 3.46. The predicted octanol–water partition coefficient (Wildman–Crippen LogP) is 1.66. The molecule has 1 heterocycles. The molecule has 0 saturated carbocycles. The quantitative estimate of drug-likeness (QED) is 0.608. The highest BCUT2D eigenvalue weighted by atomic mass is 19.1. The van der Waals surface area contributed by atoms with Crippen LogP contribution in [0.3, 0.4) is 0 Å². The molecule has 0 spiro atoms. The third kappa shape index (κ3) is 1.90. The van der Waals surface area contributed by atoms with Gasteiger partial charge in [-0.15, -0.1) is 0 Å². The number of aromatic nitrogens is 1. The predicted molar refractivity (Wildman–Crippen MR) is 40.4 cm³/mol. The Hall–Kier alpha value is -1.12. The Balaban J connectivity index is 2.73. The maximum Gasteiger partial charge on any atom is 0.161 e. The van der Waals surface area contributed by atoms with Crippen LogP contribution in [-0.2, 0) is 6.54 Å². The standard InChI is InChI=1S/C8H10FNO/c1-7(11)8-2-4-10(6-8)5-3-9/h2,4,6H,3,5H2,1H3. The topological polar surface area (TPSA) is 22.0 Å². The largest absolute Gasteiger partial charge is 0.351 e. The van der Waals surface area contributed by atoms with Crippen LogP contribution >= 0.6 is 0 Å². The van der Waals surface area contributed by atoms with Crippen molar-refractivity contribution in [3.63, 3.8) is 0 Å². The van der Waals surface area contributed by atoms with E-state index >= 15 is 0 Å². The number of Topliss-reactive ketones (excluding diaryl/α,β-unsaturated/α-hetero) is 1. The summed E-state index contributed by atoms with van der Waals surface area (Å²) in [5.41, 5.74) is 0.637. The summed E-state index contributed by atoms with van der Waals surface area (Å²) < 4.78 is 13.4. The molecule has 3 heteroatoms. The Kier molecular flexibility index (Phi) is 2.41. The number of rotatable bonds is 3. The summed E-state index contributed by atoms with van der Waals surface area (Å²) in [7, 11) is 0. The Morgan fingerprint density at radius 3 is 2.91 bits per heavy atom. The molecule has 60 valence electrons. The van der Waals surface area contributed by atoms with Gasteiger partial charge in [-0.3, -0.25) is 4.79 Å². The van der Waals surface area contributed by atoms with E-state index in [9.17, 15) is 9.18 Å². The van der Waals surface area contributed by atoms with Crippen molar-refractivity contribution in [2.75, 3.05) is 6.67 Å². The van der Waals surface area contributed by atoms with Crippen LogP contribution in [0.5, 0.6) is 0 Å². The molecule has 0 atom stereocenters. The maximum atomic E-state index is 11.8. The molecule has 0 aromatic carbocycles. The molecule has 11 heavy (non-hydrogen) atoms. The second kappa shape index (κ2) is 3.32. The van der Waals surface area contributed by atoms with E-state index in [-0.39, 0.29) is 5.78 Å². The Bertz CT molecular complexity index is 254. The minimum Gasteiger partial charge on any atom is -0.351 e. The first-order valence-corrected chi connectivity index (χ1v) is 3.46. The molecule has 0 bridgehead atoms. The molecule has 1 aromatic rings. The highest BCUT2D eigenvalue weighted by molar-refractivity contribution is 5.93. The van der Waals surface area contributed by atoms with Crippen molar-refractivity contribution < 1.29 is 9.18 Å². The van der Waals surface area contributed by atoms with Gasteiger partial charge in [0.2, 0.25) is 0 Å². The van der Waals surface area contributed by atoms with E-state index in [1.54, 1.807) is 23.0 Å². The van der Waals surface area contributed by atoms with Gasteiger partial charge in [0.25, 0.3) is 0 Å². The average molecular weight is 155 g/mol. The van der Waals surface area contributed by atoms with Crippen LogP contribution in [0.2, 0.25) is 0 Å². The number of carbonyl (C=O) groups excluding carboxylic acids is 1. The smallest absolute Gasteiger partial charge is 0.161 e. The average Bonchev–Trinajstić information content (AvgIpc) is 2.37. The van der Waals surface area contributed by atoms with Gasteiger partial charge in [-0.1, -0.05) is 0 Å². The SMILES string of the molecule is CC(=O)c1ccn(CCF)c1. The van der Waals surface area contributed by atoms with Gasteiger partial charge >= 0.3 is 0 Å². The molecule has 1 rings (SSSR count). The summed E-state index contributed by atoms with van der Waals surface area (Å²) in [6, 6.07) is 1.69. The highest BCUT2D eigenvalue weighted by Crippen LogP contribution is 2.01. The van der Waals surface area contributed by atoms with E-state index < -0.39 is 6.67 Å². The van der Waals surface area contributed by atoms with Crippen molar-refractivity contribution in [3.05, 3.63) is 24.0 Å². The van der Waals surface area contributed by atoms with Gasteiger partial charge in [-0.05, 0) is 13.0 Å². The Labute approximate surface area is 64.6 Å². The van der Waals surface area contributed by atoms with E-state index in [0.717, 1.165) is 0 Å². The van der Waals surface area contributed by atoms with Crippen molar-refractivity contribution in [1.82, 2.24) is 4.57 Å². The zero-order valence-electron chi connectivity index (χ0n) is 6.38. The molecule has 0 aliphatic rings. The summed E-state index contributed by atoms with van der Waals surface area (Å²) >= 11 is 0. The van der Waals surface area contributed by atoms with Crippen molar-refractivity contribution in [2.24, 2.45) is 0 Å². The zero-order valence-corrected chi connectivity index (χ0v) is 6.38. The molecular formula is C8H10FNO. The monoisotopic (exact) mass is 155 g/mol.